The lowest BCUT2D eigenvalue weighted by Crippen LogP contribution is -2.58. The molecule has 0 aliphatic rings. The molecule has 3 rings (SSSR count). The molecule has 0 saturated heterocycles. The summed E-state index contributed by atoms with van der Waals surface area (Å²) in [5.74, 6) is -0.703. The number of nitrogens with one attached hydrogen (secondary N) is 2. The van der Waals surface area contributed by atoms with Crippen molar-refractivity contribution in [3.63, 3.8) is 0 Å². The van der Waals surface area contributed by atoms with Crippen molar-refractivity contribution < 1.29 is 19.1 Å². The van der Waals surface area contributed by atoms with Crippen molar-refractivity contribution in [1.29, 1.82) is 0 Å². The van der Waals surface area contributed by atoms with Crippen LogP contribution in [-0.2, 0) is 14.3 Å². The number of carbonyl (C=O) groups excluding carboxylic acids is 3. The number of nitrogens with zero attached hydrogens (tertiary/aromatic N) is 1. The van der Waals surface area contributed by atoms with Crippen LogP contribution in [0.5, 0.6) is 0 Å². The van der Waals surface area contributed by atoms with Gasteiger partial charge in [0.15, 0.2) is 0 Å². The van der Waals surface area contributed by atoms with Crippen LogP contribution in [-0.4, -0.2) is 40.0 Å². The van der Waals surface area contributed by atoms with Gasteiger partial charge < -0.3 is 20.3 Å². The predicted molar refractivity (Wildman–Crippen MR) is 161 cm³/mol. The van der Waals surface area contributed by atoms with Gasteiger partial charge in [0, 0.05) is 11.2 Å². The molecular formula is C33H43N3O4. The minimum absolute atomic E-state index is 0.327. The molecule has 0 fully saturated rings. The van der Waals surface area contributed by atoms with Gasteiger partial charge in [0.1, 0.15) is 17.7 Å². The van der Waals surface area contributed by atoms with Crippen LogP contribution in [0, 0.1) is 13.8 Å². The summed E-state index contributed by atoms with van der Waals surface area (Å²) in [7, 11) is 0. The summed E-state index contributed by atoms with van der Waals surface area (Å²) in [6.07, 6.45) is -0.102. The van der Waals surface area contributed by atoms with Gasteiger partial charge in [-0.15, -0.1) is 0 Å². The number of aryl methyl sites for hydroxylation is 2. The molecule has 3 aromatic carbocycles. The van der Waals surface area contributed by atoms with Crippen LogP contribution in [0.25, 0.3) is 10.8 Å². The van der Waals surface area contributed by atoms with E-state index in [2.05, 4.69) is 10.6 Å². The molecule has 3 amide bonds. The van der Waals surface area contributed by atoms with Gasteiger partial charge in [0.25, 0.3) is 5.91 Å². The Morgan fingerprint density at radius 2 is 1.48 bits per heavy atom. The molecule has 40 heavy (non-hydrogen) atoms. The number of anilines is 1. The molecule has 3 aromatic rings. The third-order valence-corrected chi connectivity index (χ3v) is 7.20. The zero-order valence-electron chi connectivity index (χ0n) is 25.2. The van der Waals surface area contributed by atoms with Crippen molar-refractivity contribution >= 4 is 34.4 Å². The number of amides is 3. The van der Waals surface area contributed by atoms with E-state index in [0.29, 0.717) is 12.1 Å². The van der Waals surface area contributed by atoms with Gasteiger partial charge in [-0.05, 0) is 101 Å². The van der Waals surface area contributed by atoms with Crippen LogP contribution in [0.4, 0.5) is 10.5 Å². The number of fused-ring (bicyclic) bond motifs is 1. The van der Waals surface area contributed by atoms with E-state index in [0.717, 1.165) is 27.5 Å². The summed E-state index contributed by atoms with van der Waals surface area (Å²) in [6, 6.07) is 17.7. The van der Waals surface area contributed by atoms with Crippen molar-refractivity contribution in [1.82, 2.24) is 10.2 Å². The van der Waals surface area contributed by atoms with Gasteiger partial charge in [0.2, 0.25) is 5.91 Å². The molecule has 214 valence electrons. The topological polar surface area (TPSA) is 87.7 Å². The fourth-order valence-corrected chi connectivity index (χ4v) is 4.81. The van der Waals surface area contributed by atoms with E-state index in [1.54, 1.807) is 32.6 Å². The second-order valence-electron chi connectivity index (χ2n) is 12.0. The van der Waals surface area contributed by atoms with Crippen LogP contribution in [0.2, 0.25) is 0 Å². The van der Waals surface area contributed by atoms with E-state index in [1.807, 2.05) is 95.3 Å². The van der Waals surface area contributed by atoms with Crippen molar-refractivity contribution in [3.05, 3.63) is 77.4 Å². The van der Waals surface area contributed by atoms with E-state index in [1.165, 1.54) is 0 Å². The molecule has 0 bridgehead atoms. The molecule has 7 nitrogen and oxygen atoms in total. The number of rotatable bonds is 8. The lowest BCUT2D eigenvalue weighted by molar-refractivity contribution is -0.147. The monoisotopic (exact) mass is 545 g/mol. The highest BCUT2D eigenvalue weighted by atomic mass is 16.6. The number of ether oxygens (including phenoxy) is 1. The highest BCUT2D eigenvalue weighted by molar-refractivity contribution is 6.01. The zero-order valence-corrected chi connectivity index (χ0v) is 25.2. The fraction of sp³-hybridized carbons (Fsp3) is 0.424. The lowest BCUT2D eigenvalue weighted by Gasteiger charge is -2.45. The maximum atomic E-state index is 14.3. The summed E-state index contributed by atoms with van der Waals surface area (Å²) in [6.45, 7) is 16.7. The second kappa shape index (κ2) is 12.1. The van der Waals surface area contributed by atoms with Crippen molar-refractivity contribution in [2.45, 2.75) is 92.0 Å². The largest absolute Gasteiger partial charge is 0.444 e. The summed E-state index contributed by atoms with van der Waals surface area (Å²) in [5.41, 5.74) is 1.77. The van der Waals surface area contributed by atoms with E-state index < -0.39 is 29.3 Å². The smallest absolute Gasteiger partial charge is 0.408 e. The standard InChI is InChI=1S/C33H43N3O4/c1-10-33(8,9)36(30(38)23(4)34-31(39)40-32(5,6)7)28(27-21(2)14-13-15-22(27)3)29(37)35-26-19-18-24-16-11-12-17-25(24)20-26/h11-20,23,28H,10H2,1-9H3,(H,34,39)(H,35,37). The average molecular weight is 546 g/mol. The van der Waals surface area contributed by atoms with E-state index in [4.69, 9.17) is 4.74 Å². The normalized spacial score (nSPS) is 13.3. The Morgan fingerprint density at radius 1 is 0.875 bits per heavy atom. The number of hydrogen-bond donors (Lipinski definition) is 2. The first-order valence-electron chi connectivity index (χ1n) is 13.8. The Morgan fingerprint density at radius 3 is 2.05 bits per heavy atom. The number of benzene rings is 3. The van der Waals surface area contributed by atoms with E-state index in [9.17, 15) is 14.4 Å². The summed E-state index contributed by atoms with van der Waals surface area (Å²) in [4.78, 5) is 42.7. The third-order valence-electron chi connectivity index (χ3n) is 7.20. The number of carbonyl (C=O) groups is 3. The lowest BCUT2D eigenvalue weighted by atomic mass is 9.88. The molecule has 2 N–H and O–H groups in total. The average Bonchev–Trinajstić information content (AvgIpc) is 2.86. The van der Waals surface area contributed by atoms with Crippen molar-refractivity contribution in [3.8, 4) is 0 Å². The van der Waals surface area contributed by atoms with Gasteiger partial charge in [-0.3, -0.25) is 9.59 Å². The molecule has 0 aliphatic heterocycles. The molecule has 0 saturated carbocycles. The Hall–Kier alpha value is -3.87. The molecule has 0 aliphatic carbocycles. The minimum atomic E-state index is -0.946. The Balaban J connectivity index is 2.09. The van der Waals surface area contributed by atoms with Gasteiger partial charge in [0.05, 0.1) is 0 Å². The molecule has 0 spiro atoms. The molecule has 2 unspecified atom stereocenters. The third kappa shape index (κ3) is 7.20. The van der Waals surface area contributed by atoms with Crippen LogP contribution in [0.3, 0.4) is 0 Å². The van der Waals surface area contributed by atoms with Gasteiger partial charge in [-0.25, -0.2) is 4.79 Å². The van der Waals surface area contributed by atoms with Crippen LogP contribution in [0.1, 0.15) is 77.6 Å². The summed E-state index contributed by atoms with van der Waals surface area (Å²) in [5, 5.41) is 7.83. The molecule has 7 heteroatoms. The zero-order chi connectivity index (χ0) is 29.8. The van der Waals surface area contributed by atoms with Crippen molar-refractivity contribution in [2.75, 3.05) is 5.32 Å². The molecule has 2 atom stereocenters. The number of alkyl carbamates (subject to hydrolysis) is 1. The van der Waals surface area contributed by atoms with Crippen LogP contribution >= 0.6 is 0 Å². The van der Waals surface area contributed by atoms with Gasteiger partial charge in [-0.1, -0.05) is 55.5 Å². The van der Waals surface area contributed by atoms with E-state index >= 15 is 0 Å². The van der Waals surface area contributed by atoms with E-state index in [-0.39, 0.29) is 11.8 Å². The Bertz CT molecular complexity index is 1370. The highest BCUT2D eigenvalue weighted by Crippen LogP contribution is 2.36. The molecular weight excluding hydrogens is 502 g/mol. The van der Waals surface area contributed by atoms with Gasteiger partial charge in [-0.2, -0.15) is 0 Å². The summed E-state index contributed by atoms with van der Waals surface area (Å²) >= 11 is 0. The highest BCUT2D eigenvalue weighted by Gasteiger charge is 2.43. The Kier molecular flexibility index (Phi) is 9.28. The Labute approximate surface area is 238 Å². The second-order valence-corrected chi connectivity index (χ2v) is 12.0. The van der Waals surface area contributed by atoms with Crippen LogP contribution < -0.4 is 10.6 Å². The first kappa shape index (κ1) is 30.7. The summed E-state index contributed by atoms with van der Waals surface area (Å²) < 4.78 is 5.40. The fourth-order valence-electron chi connectivity index (χ4n) is 4.81. The number of hydrogen-bond acceptors (Lipinski definition) is 4. The van der Waals surface area contributed by atoms with Crippen molar-refractivity contribution in [2.24, 2.45) is 0 Å². The predicted octanol–water partition coefficient (Wildman–Crippen LogP) is 7.07. The van der Waals surface area contributed by atoms with Gasteiger partial charge >= 0.3 is 6.09 Å². The molecule has 0 aromatic heterocycles. The maximum absolute atomic E-state index is 14.3. The molecule has 0 heterocycles. The SMILES string of the molecule is CCC(C)(C)N(C(=O)C(C)NC(=O)OC(C)(C)C)C(C(=O)Nc1ccc2ccccc2c1)c1c(C)cccc1C. The first-order chi connectivity index (χ1) is 18.6. The first-order valence-corrected chi connectivity index (χ1v) is 13.8. The maximum Gasteiger partial charge on any atom is 0.408 e. The molecule has 0 radical (unpaired) electrons. The quantitative estimate of drug-likeness (QED) is 0.317. The van der Waals surface area contributed by atoms with Crippen LogP contribution in [0.15, 0.2) is 60.7 Å². The minimum Gasteiger partial charge on any atom is -0.444 e.